The lowest BCUT2D eigenvalue weighted by atomic mass is 10.1. The number of carbonyl (C=O) groups excluding carboxylic acids is 1. The van der Waals surface area contributed by atoms with Crippen LogP contribution in [0, 0.1) is 0 Å². The Bertz CT molecular complexity index is 977. The number of halogens is 1. The second-order valence-corrected chi connectivity index (χ2v) is 8.19. The van der Waals surface area contributed by atoms with Crippen LogP contribution in [-0.4, -0.2) is 51.3 Å². The molecule has 4 rings (SSSR count). The lowest BCUT2D eigenvalue weighted by Gasteiger charge is -2.24. The van der Waals surface area contributed by atoms with Crippen LogP contribution in [-0.2, 0) is 14.2 Å². The molecule has 1 amide bonds. The van der Waals surface area contributed by atoms with Gasteiger partial charge in [-0.15, -0.1) is 0 Å². The lowest BCUT2D eigenvalue weighted by molar-refractivity contribution is -0.200. The third-order valence-corrected chi connectivity index (χ3v) is 5.29. The zero-order valence-electron chi connectivity index (χ0n) is 15.7. The van der Waals surface area contributed by atoms with E-state index in [0.717, 1.165) is 4.47 Å². The highest BCUT2D eigenvalue weighted by Crippen LogP contribution is 2.42. The van der Waals surface area contributed by atoms with Gasteiger partial charge in [0.25, 0.3) is 5.91 Å². The number of aliphatic hydroxyl groups is 1. The van der Waals surface area contributed by atoms with Crippen molar-refractivity contribution in [3.63, 3.8) is 0 Å². The zero-order valence-corrected chi connectivity index (χ0v) is 17.3. The van der Waals surface area contributed by atoms with Crippen molar-refractivity contribution in [3.8, 4) is 0 Å². The number of aromatic nitrogens is 2. The molecular formula is C19H20BrN3O6. The summed E-state index contributed by atoms with van der Waals surface area (Å²) in [6.07, 6.45) is -0.998. The van der Waals surface area contributed by atoms with Crippen molar-refractivity contribution >= 4 is 27.7 Å². The maximum atomic E-state index is 12.6. The second kappa shape index (κ2) is 7.62. The number of nitrogens with zero attached hydrogens (tertiary/aromatic N) is 2. The normalized spacial score (nSPS) is 27.6. The van der Waals surface area contributed by atoms with Crippen LogP contribution < -0.4 is 11.0 Å². The molecule has 2 aliphatic heterocycles. The van der Waals surface area contributed by atoms with Gasteiger partial charge in [-0.25, -0.2) is 4.79 Å². The summed E-state index contributed by atoms with van der Waals surface area (Å²) >= 11 is 3.31. The summed E-state index contributed by atoms with van der Waals surface area (Å²) in [6.45, 7) is 3.26. The van der Waals surface area contributed by atoms with Crippen LogP contribution in [0.5, 0.6) is 0 Å². The highest BCUT2D eigenvalue weighted by atomic mass is 79.9. The summed E-state index contributed by atoms with van der Waals surface area (Å²) in [6, 6.07) is 8.31. The molecule has 2 aliphatic rings. The molecule has 1 aromatic heterocycles. The van der Waals surface area contributed by atoms with E-state index in [0.29, 0.717) is 5.56 Å². The quantitative estimate of drug-likeness (QED) is 0.705. The van der Waals surface area contributed by atoms with Gasteiger partial charge in [-0.1, -0.05) is 15.9 Å². The average Bonchev–Trinajstić information content (AvgIpc) is 3.15. The molecule has 154 valence electrons. The number of hydrogen-bond donors (Lipinski definition) is 2. The molecule has 1 aromatic carbocycles. The third kappa shape index (κ3) is 3.99. The van der Waals surface area contributed by atoms with Crippen molar-refractivity contribution in [1.82, 2.24) is 9.55 Å². The zero-order chi connectivity index (χ0) is 20.8. The maximum absolute atomic E-state index is 12.6. The number of anilines is 1. The first-order valence-corrected chi connectivity index (χ1v) is 9.85. The minimum atomic E-state index is -0.847. The Morgan fingerprint density at radius 3 is 2.59 bits per heavy atom. The maximum Gasteiger partial charge on any atom is 0.351 e. The Labute approximate surface area is 174 Å². The molecule has 2 N–H and O–H groups in total. The van der Waals surface area contributed by atoms with E-state index < -0.39 is 36.0 Å². The van der Waals surface area contributed by atoms with Gasteiger partial charge in [0.05, 0.1) is 6.61 Å². The van der Waals surface area contributed by atoms with Gasteiger partial charge in [0.2, 0.25) is 0 Å². The summed E-state index contributed by atoms with van der Waals surface area (Å²) in [5, 5.41) is 12.2. The van der Waals surface area contributed by atoms with Crippen LogP contribution in [0.1, 0.15) is 30.4 Å². The average molecular weight is 466 g/mol. The molecule has 3 heterocycles. The second-order valence-electron chi connectivity index (χ2n) is 7.28. The van der Waals surface area contributed by atoms with Crippen molar-refractivity contribution < 1.29 is 24.1 Å². The first-order chi connectivity index (χ1) is 13.8. The minimum Gasteiger partial charge on any atom is -0.394 e. The monoisotopic (exact) mass is 465 g/mol. The summed E-state index contributed by atoms with van der Waals surface area (Å²) in [5.41, 5.74) is -0.181. The molecule has 2 fully saturated rings. The summed E-state index contributed by atoms with van der Waals surface area (Å²) < 4.78 is 19.6. The molecule has 0 unspecified atom stereocenters. The summed E-state index contributed by atoms with van der Waals surface area (Å²) in [5.74, 6) is -1.11. The molecule has 0 radical (unpaired) electrons. The van der Waals surface area contributed by atoms with Crippen molar-refractivity contribution in [2.24, 2.45) is 0 Å². The predicted octanol–water partition coefficient (Wildman–Crippen LogP) is 1.67. The fourth-order valence-corrected chi connectivity index (χ4v) is 3.76. The molecule has 29 heavy (non-hydrogen) atoms. The van der Waals surface area contributed by atoms with Gasteiger partial charge in [-0.2, -0.15) is 4.98 Å². The van der Waals surface area contributed by atoms with Crippen LogP contribution in [0.25, 0.3) is 0 Å². The number of amides is 1. The number of nitrogens with one attached hydrogen (secondary N) is 1. The van der Waals surface area contributed by atoms with Crippen molar-refractivity contribution in [2.45, 2.75) is 44.2 Å². The van der Waals surface area contributed by atoms with E-state index in [9.17, 15) is 14.7 Å². The van der Waals surface area contributed by atoms with E-state index in [4.69, 9.17) is 14.2 Å². The fourth-order valence-electron chi connectivity index (χ4n) is 3.50. The molecule has 0 bridgehead atoms. The summed E-state index contributed by atoms with van der Waals surface area (Å²) in [4.78, 5) is 28.8. The van der Waals surface area contributed by atoms with Gasteiger partial charge < -0.3 is 24.6 Å². The van der Waals surface area contributed by atoms with Crippen molar-refractivity contribution in [2.75, 3.05) is 11.9 Å². The number of fused-ring (bicyclic) bond motifs is 1. The van der Waals surface area contributed by atoms with Crippen LogP contribution in [0.15, 0.2) is 45.8 Å². The third-order valence-electron chi connectivity index (χ3n) is 4.76. The summed E-state index contributed by atoms with van der Waals surface area (Å²) in [7, 11) is 0. The smallest absolute Gasteiger partial charge is 0.351 e. The predicted molar refractivity (Wildman–Crippen MR) is 105 cm³/mol. The highest BCUT2D eigenvalue weighted by molar-refractivity contribution is 9.10. The molecule has 4 atom stereocenters. The van der Waals surface area contributed by atoms with E-state index in [1.807, 2.05) is 0 Å². The number of rotatable bonds is 4. The first-order valence-electron chi connectivity index (χ1n) is 9.05. The Balaban J connectivity index is 1.54. The Morgan fingerprint density at radius 2 is 1.93 bits per heavy atom. The topological polar surface area (TPSA) is 112 Å². The largest absolute Gasteiger partial charge is 0.394 e. The van der Waals surface area contributed by atoms with Crippen LogP contribution in [0.4, 0.5) is 5.82 Å². The molecule has 0 saturated carbocycles. The Hall–Kier alpha value is -2.11. The van der Waals surface area contributed by atoms with E-state index >= 15 is 0 Å². The minimum absolute atomic E-state index is 0.122. The number of hydrogen-bond acceptors (Lipinski definition) is 7. The van der Waals surface area contributed by atoms with Crippen LogP contribution in [0.3, 0.4) is 0 Å². The van der Waals surface area contributed by atoms with E-state index in [1.54, 1.807) is 38.1 Å². The van der Waals surface area contributed by atoms with Crippen LogP contribution in [0.2, 0.25) is 0 Å². The van der Waals surface area contributed by atoms with Crippen molar-refractivity contribution in [1.29, 1.82) is 0 Å². The van der Waals surface area contributed by atoms with Gasteiger partial charge in [0.1, 0.15) is 24.1 Å². The van der Waals surface area contributed by atoms with Gasteiger partial charge in [0.15, 0.2) is 12.0 Å². The number of aliphatic hydroxyl groups excluding tert-OH is 1. The van der Waals surface area contributed by atoms with E-state index in [2.05, 4.69) is 26.2 Å². The molecule has 0 aliphatic carbocycles. The molecule has 2 aromatic rings. The lowest BCUT2D eigenvalue weighted by Crippen LogP contribution is -2.35. The molecule has 0 spiro atoms. The number of ether oxygens (including phenoxy) is 3. The van der Waals surface area contributed by atoms with Crippen molar-refractivity contribution in [3.05, 3.63) is 57.0 Å². The molecule has 9 nitrogen and oxygen atoms in total. The standard InChI is InChI=1S/C19H20BrN3O6/c1-19(2)28-14-12(9-24)27-17(15(14)29-19)23-8-7-13(22-18(23)26)21-16(25)10-3-5-11(20)6-4-10/h3-8,12,14-15,17,24H,9H2,1-2H3,(H,21,22,25,26)/t12-,14-,15-,17-/m1/s1. The number of carbonyl (C=O) groups is 1. The molecule has 2 saturated heterocycles. The van der Waals surface area contributed by atoms with Gasteiger partial charge in [-0.3, -0.25) is 9.36 Å². The van der Waals surface area contributed by atoms with Crippen LogP contribution >= 0.6 is 15.9 Å². The van der Waals surface area contributed by atoms with E-state index in [-0.39, 0.29) is 18.3 Å². The van der Waals surface area contributed by atoms with Gasteiger partial charge >= 0.3 is 5.69 Å². The molecule has 10 heteroatoms. The Kier molecular flexibility index (Phi) is 5.30. The first kappa shape index (κ1) is 20.2. The van der Waals surface area contributed by atoms with Gasteiger partial charge in [-0.05, 0) is 44.2 Å². The van der Waals surface area contributed by atoms with Gasteiger partial charge in [0, 0.05) is 16.2 Å². The highest BCUT2D eigenvalue weighted by Gasteiger charge is 2.55. The molecular weight excluding hydrogens is 446 g/mol. The SMILES string of the molecule is CC1(C)O[C@@H]2[C@H](O1)[C@@H](CO)O[C@H]2n1ccc(NC(=O)c2ccc(Br)cc2)nc1=O. The fraction of sp³-hybridized carbons (Fsp3) is 0.421. The Morgan fingerprint density at radius 1 is 1.24 bits per heavy atom. The van der Waals surface area contributed by atoms with E-state index in [1.165, 1.54) is 16.8 Å². The number of benzene rings is 1.